The predicted molar refractivity (Wildman–Crippen MR) is 76.2 cm³/mol. The van der Waals surface area contributed by atoms with Gasteiger partial charge in [-0.05, 0) is 46.8 Å². The highest BCUT2D eigenvalue weighted by atomic mass is 79.9. The third-order valence-corrected chi connectivity index (χ3v) is 4.16. The van der Waals surface area contributed by atoms with E-state index in [0.717, 1.165) is 25.7 Å². The molecule has 0 aromatic carbocycles. The number of halogens is 1. The first-order chi connectivity index (χ1) is 9.61. The van der Waals surface area contributed by atoms with Gasteiger partial charge < -0.3 is 14.5 Å². The van der Waals surface area contributed by atoms with Crippen LogP contribution in [0.3, 0.4) is 0 Å². The van der Waals surface area contributed by atoms with Gasteiger partial charge in [0.05, 0.1) is 13.0 Å². The quantitative estimate of drug-likeness (QED) is 0.853. The van der Waals surface area contributed by atoms with Gasteiger partial charge in [0.2, 0.25) is 0 Å². The number of amides is 1. The molecular formula is C14H18BrNO4. The van der Waals surface area contributed by atoms with Crippen molar-refractivity contribution in [3.05, 3.63) is 22.6 Å². The topological polar surface area (TPSA) is 68.5 Å². The smallest absolute Gasteiger partial charge is 0.309 e. The van der Waals surface area contributed by atoms with Gasteiger partial charge in [0.25, 0.3) is 5.91 Å². The lowest BCUT2D eigenvalue weighted by Gasteiger charge is -2.29. The Bertz CT molecular complexity index is 485. The fourth-order valence-corrected chi connectivity index (χ4v) is 2.97. The van der Waals surface area contributed by atoms with Crippen LogP contribution in [0.25, 0.3) is 0 Å². The van der Waals surface area contributed by atoms with Crippen molar-refractivity contribution in [1.82, 2.24) is 5.32 Å². The molecule has 0 radical (unpaired) electrons. The summed E-state index contributed by atoms with van der Waals surface area (Å²) in [5.41, 5.74) is 0. The molecule has 5 nitrogen and oxygen atoms in total. The van der Waals surface area contributed by atoms with E-state index < -0.39 is 0 Å². The van der Waals surface area contributed by atoms with E-state index in [1.807, 2.05) is 0 Å². The Morgan fingerprint density at radius 2 is 2.15 bits per heavy atom. The summed E-state index contributed by atoms with van der Waals surface area (Å²) in [6.07, 6.45) is 3.89. The summed E-state index contributed by atoms with van der Waals surface area (Å²) < 4.78 is 10.6. The van der Waals surface area contributed by atoms with Gasteiger partial charge in [0.15, 0.2) is 10.4 Å². The van der Waals surface area contributed by atoms with E-state index in [1.54, 1.807) is 12.1 Å². The fourth-order valence-electron chi connectivity index (χ4n) is 2.66. The van der Waals surface area contributed by atoms with Crippen LogP contribution in [0.15, 0.2) is 21.2 Å². The summed E-state index contributed by atoms with van der Waals surface area (Å²) in [5.74, 6) is -0.146. The van der Waals surface area contributed by atoms with E-state index in [-0.39, 0.29) is 29.5 Å². The Labute approximate surface area is 126 Å². The van der Waals surface area contributed by atoms with Crippen molar-refractivity contribution < 1.29 is 18.7 Å². The molecule has 1 saturated carbocycles. The number of methoxy groups -OCH3 is 1. The minimum absolute atomic E-state index is 0.114. The highest BCUT2D eigenvalue weighted by Gasteiger charge is 2.31. The summed E-state index contributed by atoms with van der Waals surface area (Å²) in [7, 11) is 1.41. The maximum atomic E-state index is 11.9. The minimum atomic E-state index is -0.259. The van der Waals surface area contributed by atoms with Gasteiger partial charge in [0.1, 0.15) is 0 Å². The van der Waals surface area contributed by atoms with Crippen molar-refractivity contribution >= 4 is 27.8 Å². The first-order valence-electron chi connectivity index (χ1n) is 6.73. The maximum absolute atomic E-state index is 11.9. The third-order valence-electron chi connectivity index (χ3n) is 3.73. The molecule has 2 atom stereocenters. The third kappa shape index (κ3) is 3.62. The zero-order chi connectivity index (χ0) is 14.5. The van der Waals surface area contributed by atoms with E-state index >= 15 is 0 Å². The number of furan rings is 1. The molecule has 1 amide bonds. The molecule has 1 aliphatic carbocycles. The van der Waals surface area contributed by atoms with Crippen molar-refractivity contribution in [3.8, 4) is 0 Å². The van der Waals surface area contributed by atoms with Crippen LogP contribution in [0.5, 0.6) is 0 Å². The molecule has 1 aromatic rings. The number of carbonyl (C=O) groups is 2. The molecular weight excluding hydrogens is 326 g/mol. The molecule has 0 spiro atoms. The molecule has 0 bridgehead atoms. The molecule has 1 fully saturated rings. The second-order valence-electron chi connectivity index (χ2n) is 4.99. The van der Waals surface area contributed by atoms with Crippen LogP contribution >= 0.6 is 15.9 Å². The highest BCUT2D eigenvalue weighted by molar-refractivity contribution is 9.10. The Morgan fingerprint density at radius 3 is 2.80 bits per heavy atom. The second kappa shape index (κ2) is 6.92. The average Bonchev–Trinajstić information content (AvgIpc) is 2.91. The van der Waals surface area contributed by atoms with Crippen LogP contribution in [0, 0.1) is 11.8 Å². The van der Waals surface area contributed by atoms with E-state index in [9.17, 15) is 9.59 Å². The first-order valence-corrected chi connectivity index (χ1v) is 7.52. The molecule has 1 aromatic heterocycles. The Hall–Kier alpha value is -1.30. The lowest BCUT2D eigenvalue weighted by atomic mass is 9.79. The SMILES string of the molecule is COC(=O)C1CCCCC1CNC(=O)c1ccc(Br)o1. The molecule has 6 heteroatoms. The standard InChI is InChI=1S/C14H18BrNO4/c1-19-14(18)10-5-3-2-4-9(10)8-16-13(17)11-6-7-12(15)20-11/h6-7,9-10H,2-5,8H2,1H3,(H,16,17). The molecule has 0 aliphatic heterocycles. The van der Waals surface area contributed by atoms with Gasteiger partial charge in [-0.25, -0.2) is 0 Å². The number of carbonyl (C=O) groups excluding carboxylic acids is 2. The van der Waals surface area contributed by atoms with E-state index in [1.165, 1.54) is 7.11 Å². The van der Waals surface area contributed by atoms with Crippen LogP contribution in [0.2, 0.25) is 0 Å². The van der Waals surface area contributed by atoms with Gasteiger partial charge >= 0.3 is 5.97 Å². The lowest BCUT2D eigenvalue weighted by Crippen LogP contribution is -2.37. The maximum Gasteiger partial charge on any atom is 0.309 e. The number of rotatable bonds is 4. The Morgan fingerprint density at radius 1 is 1.40 bits per heavy atom. The molecule has 1 aliphatic rings. The zero-order valence-corrected chi connectivity index (χ0v) is 12.9. The van der Waals surface area contributed by atoms with E-state index in [2.05, 4.69) is 21.2 Å². The van der Waals surface area contributed by atoms with Crippen LogP contribution < -0.4 is 5.32 Å². The van der Waals surface area contributed by atoms with Gasteiger partial charge in [-0.1, -0.05) is 12.8 Å². The van der Waals surface area contributed by atoms with Gasteiger partial charge in [-0.15, -0.1) is 0 Å². The molecule has 2 rings (SSSR count). The minimum Gasteiger partial charge on any atom is -0.469 e. The number of hydrogen-bond donors (Lipinski definition) is 1. The van der Waals surface area contributed by atoms with Crippen LogP contribution in [-0.2, 0) is 9.53 Å². The van der Waals surface area contributed by atoms with E-state index in [0.29, 0.717) is 11.2 Å². The Kier molecular flexibility index (Phi) is 5.23. The molecule has 0 saturated heterocycles. The number of hydrogen-bond acceptors (Lipinski definition) is 4. The molecule has 20 heavy (non-hydrogen) atoms. The molecule has 2 unspecified atom stereocenters. The van der Waals surface area contributed by atoms with E-state index in [4.69, 9.17) is 9.15 Å². The van der Waals surface area contributed by atoms with Crippen molar-refractivity contribution in [2.75, 3.05) is 13.7 Å². The number of ether oxygens (including phenoxy) is 1. The normalized spacial score (nSPS) is 22.3. The molecule has 1 heterocycles. The second-order valence-corrected chi connectivity index (χ2v) is 5.77. The fraction of sp³-hybridized carbons (Fsp3) is 0.571. The predicted octanol–water partition coefficient (Wildman–Crippen LogP) is 2.75. The van der Waals surface area contributed by atoms with Crippen molar-refractivity contribution in [2.24, 2.45) is 11.8 Å². The zero-order valence-electron chi connectivity index (χ0n) is 11.4. The van der Waals surface area contributed by atoms with Gasteiger partial charge in [-0.2, -0.15) is 0 Å². The van der Waals surface area contributed by atoms with Crippen molar-refractivity contribution in [2.45, 2.75) is 25.7 Å². The van der Waals surface area contributed by atoms with Crippen LogP contribution in [0.4, 0.5) is 0 Å². The molecule has 110 valence electrons. The summed E-state index contributed by atoms with van der Waals surface area (Å²) in [6, 6.07) is 3.28. The number of nitrogens with one attached hydrogen (secondary N) is 1. The first kappa shape index (κ1) is 15.1. The summed E-state index contributed by atoms with van der Waals surface area (Å²) >= 11 is 3.16. The highest BCUT2D eigenvalue weighted by Crippen LogP contribution is 2.30. The van der Waals surface area contributed by atoms with Crippen molar-refractivity contribution in [1.29, 1.82) is 0 Å². The molecule has 1 N–H and O–H groups in total. The summed E-state index contributed by atoms with van der Waals surface area (Å²) in [4.78, 5) is 23.6. The summed E-state index contributed by atoms with van der Waals surface area (Å²) in [5, 5.41) is 2.83. The van der Waals surface area contributed by atoms with Gasteiger partial charge in [0, 0.05) is 6.54 Å². The lowest BCUT2D eigenvalue weighted by molar-refractivity contribution is -0.148. The largest absolute Gasteiger partial charge is 0.469 e. The average molecular weight is 344 g/mol. The number of esters is 1. The van der Waals surface area contributed by atoms with Crippen LogP contribution in [-0.4, -0.2) is 25.5 Å². The van der Waals surface area contributed by atoms with Crippen molar-refractivity contribution in [3.63, 3.8) is 0 Å². The van der Waals surface area contributed by atoms with Gasteiger partial charge in [-0.3, -0.25) is 9.59 Å². The Balaban J connectivity index is 1.91. The monoisotopic (exact) mass is 343 g/mol. The van der Waals surface area contributed by atoms with Crippen LogP contribution in [0.1, 0.15) is 36.2 Å². The summed E-state index contributed by atoms with van der Waals surface area (Å²) in [6.45, 7) is 0.469.